The number of hydrogen-bond donors (Lipinski definition) is 0. The maximum absolute atomic E-state index is 13.9. The highest BCUT2D eigenvalue weighted by molar-refractivity contribution is 6.30. The van der Waals surface area contributed by atoms with Crippen molar-refractivity contribution in [2.24, 2.45) is 0 Å². The van der Waals surface area contributed by atoms with E-state index in [-0.39, 0.29) is 5.82 Å². The monoisotopic (exact) mass is 524 g/mol. The molecule has 2 heterocycles. The van der Waals surface area contributed by atoms with Gasteiger partial charge in [0.1, 0.15) is 11.4 Å². The number of ether oxygens (including phenoxy) is 3. The third-order valence-corrected chi connectivity index (χ3v) is 7.86. The first-order valence-electron chi connectivity index (χ1n) is 12.9. The van der Waals surface area contributed by atoms with E-state index in [0.717, 1.165) is 68.1 Å². The lowest BCUT2D eigenvalue weighted by Crippen LogP contribution is -2.47. The molecule has 0 radical (unpaired) electrons. The van der Waals surface area contributed by atoms with Crippen molar-refractivity contribution in [2.75, 3.05) is 58.5 Å². The van der Waals surface area contributed by atoms with Crippen LogP contribution in [0.3, 0.4) is 0 Å². The molecule has 1 unspecified atom stereocenters. The topological polar surface area (TPSA) is 34.2 Å². The van der Waals surface area contributed by atoms with Crippen molar-refractivity contribution >= 4 is 17.3 Å². The van der Waals surface area contributed by atoms with E-state index < -0.39 is 5.60 Å². The summed E-state index contributed by atoms with van der Waals surface area (Å²) < 4.78 is 31.7. The second-order valence-corrected chi connectivity index (χ2v) is 10.1. The molecule has 0 N–H and O–H groups in total. The number of fused-ring (bicyclic) bond motifs is 1. The molecular formula is C30H34ClFN2O3. The zero-order valence-corrected chi connectivity index (χ0v) is 22.3. The van der Waals surface area contributed by atoms with E-state index in [1.165, 1.54) is 23.4 Å². The van der Waals surface area contributed by atoms with Gasteiger partial charge in [0.05, 0.1) is 20.8 Å². The molecule has 2 aliphatic rings. The second-order valence-electron chi connectivity index (χ2n) is 9.71. The van der Waals surface area contributed by atoms with Crippen molar-refractivity contribution in [1.29, 1.82) is 0 Å². The Balaban J connectivity index is 1.33. The summed E-state index contributed by atoms with van der Waals surface area (Å²) in [7, 11) is 3.31. The number of anilines is 1. The molecule has 0 aromatic heterocycles. The summed E-state index contributed by atoms with van der Waals surface area (Å²) in [5, 5.41) is 0.771. The van der Waals surface area contributed by atoms with Crippen LogP contribution in [-0.2, 0) is 16.8 Å². The van der Waals surface area contributed by atoms with Gasteiger partial charge < -0.3 is 19.1 Å². The van der Waals surface area contributed by atoms with E-state index in [9.17, 15) is 4.39 Å². The molecule has 2 aliphatic heterocycles. The van der Waals surface area contributed by atoms with Crippen molar-refractivity contribution in [2.45, 2.75) is 24.9 Å². The summed E-state index contributed by atoms with van der Waals surface area (Å²) in [5.41, 5.74) is 3.74. The number of benzene rings is 3. The Morgan fingerprint density at radius 2 is 1.68 bits per heavy atom. The Bertz CT molecular complexity index is 1210. The van der Waals surface area contributed by atoms with Crippen LogP contribution < -0.4 is 14.4 Å². The third kappa shape index (κ3) is 5.42. The standard InChI is InChI=1S/C30H34ClFN2O3/c1-35-28-19-22-11-18-37-30(27(22)21-29(28)36-2,23-7-9-25(32)10-8-23)12-4-13-33-14-16-34(17-15-33)26-6-3-5-24(31)20-26/h3,5-10,19-21H,4,11-18H2,1-2H3. The third-order valence-electron chi connectivity index (χ3n) is 7.62. The highest BCUT2D eigenvalue weighted by atomic mass is 35.5. The molecule has 0 amide bonds. The van der Waals surface area contributed by atoms with Gasteiger partial charge in [-0.15, -0.1) is 0 Å². The maximum atomic E-state index is 13.9. The number of hydrogen-bond acceptors (Lipinski definition) is 5. The molecule has 37 heavy (non-hydrogen) atoms. The van der Waals surface area contributed by atoms with Gasteiger partial charge in [0.15, 0.2) is 11.5 Å². The van der Waals surface area contributed by atoms with Crippen molar-refractivity contribution < 1.29 is 18.6 Å². The Kier molecular flexibility index (Phi) is 7.89. The van der Waals surface area contributed by atoms with Gasteiger partial charge in [-0.3, -0.25) is 4.90 Å². The SMILES string of the molecule is COc1cc2c(cc1OC)C(CCCN1CCN(c3cccc(Cl)c3)CC1)(c1ccc(F)cc1)OCC2. The van der Waals surface area contributed by atoms with E-state index in [1.54, 1.807) is 14.2 Å². The molecule has 1 fully saturated rings. The molecule has 7 heteroatoms. The highest BCUT2D eigenvalue weighted by Gasteiger charge is 2.40. The Hall–Kier alpha value is -2.80. The van der Waals surface area contributed by atoms with Crippen LogP contribution in [0.2, 0.25) is 5.02 Å². The minimum Gasteiger partial charge on any atom is -0.493 e. The smallest absolute Gasteiger partial charge is 0.161 e. The van der Waals surface area contributed by atoms with E-state index >= 15 is 0 Å². The van der Waals surface area contributed by atoms with Gasteiger partial charge in [-0.1, -0.05) is 29.8 Å². The normalized spacial score (nSPS) is 19.9. The lowest BCUT2D eigenvalue weighted by Gasteiger charge is -2.41. The molecular weight excluding hydrogens is 491 g/mol. The van der Waals surface area contributed by atoms with E-state index in [1.807, 2.05) is 36.4 Å². The summed E-state index contributed by atoms with van der Waals surface area (Å²) in [6.45, 7) is 5.51. The predicted molar refractivity (Wildman–Crippen MR) is 146 cm³/mol. The molecule has 5 rings (SSSR count). The first kappa shape index (κ1) is 25.8. The Labute approximate surface area is 223 Å². The van der Waals surface area contributed by atoms with Crippen molar-refractivity contribution in [3.63, 3.8) is 0 Å². The van der Waals surface area contributed by atoms with Crippen LogP contribution in [0.4, 0.5) is 10.1 Å². The van der Waals surface area contributed by atoms with Crippen molar-refractivity contribution in [3.05, 3.63) is 88.2 Å². The molecule has 3 aromatic rings. The zero-order chi connectivity index (χ0) is 25.8. The quantitative estimate of drug-likeness (QED) is 0.366. The number of halogens is 2. The molecule has 1 saturated heterocycles. The molecule has 3 aromatic carbocycles. The number of rotatable bonds is 8. The Morgan fingerprint density at radius 1 is 0.946 bits per heavy atom. The van der Waals surface area contributed by atoms with E-state index in [4.69, 9.17) is 25.8 Å². The van der Waals surface area contributed by atoms with E-state index in [2.05, 4.69) is 21.9 Å². The number of methoxy groups -OCH3 is 2. The fraction of sp³-hybridized carbons (Fsp3) is 0.400. The minimum absolute atomic E-state index is 0.250. The van der Waals surface area contributed by atoms with E-state index in [0.29, 0.717) is 18.1 Å². The predicted octanol–water partition coefficient (Wildman–Crippen LogP) is 5.92. The molecule has 1 atom stereocenters. The summed E-state index contributed by atoms with van der Waals surface area (Å²) >= 11 is 6.19. The minimum atomic E-state index is -0.663. The molecule has 0 saturated carbocycles. The first-order valence-corrected chi connectivity index (χ1v) is 13.3. The van der Waals surface area contributed by atoms with Crippen LogP contribution in [-0.4, -0.2) is 58.5 Å². The van der Waals surface area contributed by atoms with Crippen LogP contribution >= 0.6 is 11.6 Å². The van der Waals surface area contributed by atoms with Gasteiger partial charge in [0.2, 0.25) is 0 Å². The summed E-state index contributed by atoms with van der Waals surface area (Å²) in [6.07, 6.45) is 2.53. The molecule has 0 bridgehead atoms. The molecule has 0 aliphatic carbocycles. The molecule has 196 valence electrons. The van der Waals surface area contributed by atoms with Crippen molar-refractivity contribution in [1.82, 2.24) is 4.90 Å². The number of piperazine rings is 1. The summed E-state index contributed by atoms with van der Waals surface area (Å²) in [6, 6.07) is 18.9. The summed E-state index contributed by atoms with van der Waals surface area (Å²) in [4.78, 5) is 4.90. The van der Waals surface area contributed by atoms with Gasteiger partial charge in [-0.05, 0) is 85.0 Å². The zero-order valence-electron chi connectivity index (χ0n) is 21.5. The van der Waals surface area contributed by atoms with Crippen LogP contribution in [0, 0.1) is 5.82 Å². The average molecular weight is 525 g/mol. The fourth-order valence-electron chi connectivity index (χ4n) is 5.68. The van der Waals surface area contributed by atoms with Gasteiger partial charge in [-0.25, -0.2) is 4.39 Å². The van der Waals surface area contributed by atoms with Crippen LogP contribution in [0.25, 0.3) is 0 Å². The average Bonchev–Trinajstić information content (AvgIpc) is 2.93. The van der Waals surface area contributed by atoms with Crippen LogP contribution in [0.1, 0.15) is 29.5 Å². The first-order chi connectivity index (χ1) is 18.0. The van der Waals surface area contributed by atoms with Crippen molar-refractivity contribution in [3.8, 4) is 11.5 Å². The molecule has 5 nitrogen and oxygen atoms in total. The van der Waals surface area contributed by atoms with Gasteiger partial charge >= 0.3 is 0 Å². The van der Waals surface area contributed by atoms with Gasteiger partial charge in [0, 0.05) is 36.9 Å². The lowest BCUT2D eigenvalue weighted by atomic mass is 9.77. The van der Waals surface area contributed by atoms with Crippen LogP contribution in [0.15, 0.2) is 60.7 Å². The van der Waals surface area contributed by atoms with Gasteiger partial charge in [0.25, 0.3) is 0 Å². The lowest BCUT2D eigenvalue weighted by molar-refractivity contribution is -0.0375. The fourth-order valence-corrected chi connectivity index (χ4v) is 5.86. The second kappa shape index (κ2) is 11.3. The maximum Gasteiger partial charge on any atom is 0.161 e. The highest BCUT2D eigenvalue weighted by Crippen LogP contribution is 2.46. The van der Waals surface area contributed by atoms with Gasteiger partial charge in [-0.2, -0.15) is 0 Å². The van der Waals surface area contributed by atoms with Crippen LogP contribution in [0.5, 0.6) is 11.5 Å². The summed E-state index contributed by atoms with van der Waals surface area (Å²) in [5.74, 6) is 1.14. The molecule has 0 spiro atoms. The Morgan fingerprint density at radius 3 is 2.38 bits per heavy atom. The largest absolute Gasteiger partial charge is 0.493 e. The number of nitrogens with zero attached hydrogens (tertiary/aromatic N) is 2.